The molecule has 0 spiro atoms. The number of rotatable bonds is 6. The number of aryl methyl sites for hydroxylation is 1. The number of hydrogen-bond donors (Lipinski definition) is 1. The van der Waals surface area contributed by atoms with Crippen LogP contribution >= 0.6 is 0 Å². The number of carbonyl (C=O) groups is 1. The molecule has 34 heavy (non-hydrogen) atoms. The lowest BCUT2D eigenvalue weighted by Gasteiger charge is -2.34. The molecule has 1 fully saturated rings. The topological polar surface area (TPSA) is 84.3 Å². The molecule has 0 unspecified atom stereocenters. The molecule has 7 nitrogen and oxygen atoms in total. The van der Waals surface area contributed by atoms with Crippen molar-refractivity contribution in [3.63, 3.8) is 0 Å². The van der Waals surface area contributed by atoms with E-state index in [9.17, 15) is 17.6 Å². The lowest BCUT2D eigenvalue weighted by atomic mass is 9.94. The summed E-state index contributed by atoms with van der Waals surface area (Å²) in [7, 11) is -1.95. The molecule has 1 amide bonds. The van der Waals surface area contributed by atoms with E-state index in [2.05, 4.69) is 10.3 Å². The van der Waals surface area contributed by atoms with Crippen LogP contribution in [0, 0.1) is 17.7 Å². The number of carbonyl (C=O) groups excluding carboxylic acids is 1. The molecule has 0 aliphatic carbocycles. The Kier molecular flexibility index (Phi) is 6.86. The number of amides is 1. The Labute approximate surface area is 199 Å². The highest BCUT2D eigenvalue weighted by Crippen LogP contribution is 2.27. The number of hydrogen-bond acceptors (Lipinski definition) is 4. The summed E-state index contributed by atoms with van der Waals surface area (Å²) in [5, 5.41) is 2.90. The molecule has 1 saturated heterocycles. The molecule has 1 aliphatic rings. The second kappa shape index (κ2) is 9.68. The van der Waals surface area contributed by atoms with Gasteiger partial charge in [0.15, 0.2) is 0 Å². The zero-order chi connectivity index (χ0) is 24.5. The third kappa shape index (κ3) is 5.05. The van der Waals surface area contributed by atoms with E-state index in [4.69, 9.17) is 0 Å². The lowest BCUT2D eigenvalue weighted by Crippen LogP contribution is -2.42. The summed E-state index contributed by atoms with van der Waals surface area (Å²) in [6.45, 7) is 5.02. The number of nitrogens with zero attached hydrogens (tertiary/aromatic N) is 3. The van der Waals surface area contributed by atoms with Crippen molar-refractivity contribution in [2.45, 2.75) is 31.2 Å². The van der Waals surface area contributed by atoms with Gasteiger partial charge in [0.1, 0.15) is 17.7 Å². The number of piperidine rings is 1. The van der Waals surface area contributed by atoms with Gasteiger partial charge in [-0.3, -0.25) is 4.79 Å². The average Bonchev–Trinajstić information content (AvgIpc) is 3.22. The van der Waals surface area contributed by atoms with Crippen LogP contribution in [-0.2, 0) is 17.1 Å². The molecule has 1 aliphatic heterocycles. The molecule has 1 N–H and O–H groups in total. The average molecular weight is 485 g/mol. The molecular formula is C25H29FN4O3S. The van der Waals surface area contributed by atoms with Crippen LogP contribution in [0.4, 0.5) is 4.39 Å². The Hall–Kier alpha value is -3.04. The number of benzene rings is 2. The minimum absolute atomic E-state index is 0.0840. The van der Waals surface area contributed by atoms with Crippen molar-refractivity contribution in [3.8, 4) is 0 Å². The summed E-state index contributed by atoms with van der Waals surface area (Å²) in [4.78, 5) is 17.6. The second-order valence-corrected chi connectivity index (χ2v) is 11.1. The van der Waals surface area contributed by atoms with E-state index >= 15 is 0 Å². The quantitative estimate of drug-likeness (QED) is 0.578. The van der Waals surface area contributed by atoms with Crippen LogP contribution in [0.2, 0.25) is 0 Å². The molecule has 3 atom stereocenters. The second-order valence-electron chi connectivity index (χ2n) is 9.15. The standard InChI is InChI=1S/C25H29FN4O3S/c1-17-12-18(2)16-30(15-17)34(32,33)22-9-5-7-20(14-22)25(31)28-23(24-27-10-11-29(24)3)19-6-4-8-21(26)13-19/h4-11,13-14,17-18,23H,12,15-16H2,1-3H3,(H,28,31)/t17-,18-,23-/m1/s1. The molecule has 0 saturated carbocycles. The fourth-order valence-corrected chi connectivity index (χ4v) is 6.33. The van der Waals surface area contributed by atoms with Gasteiger partial charge in [0.05, 0.1) is 4.90 Å². The van der Waals surface area contributed by atoms with E-state index in [0.717, 1.165) is 6.42 Å². The van der Waals surface area contributed by atoms with E-state index in [-0.39, 0.29) is 22.3 Å². The first-order valence-electron chi connectivity index (χ1n) is 11.3. The first-order chi connectivity index (χ1) is 16.1. The van der Waals surface area contributed by atoms with Crippen LogP contribution in [0.15, 0.2) is 65.8 Å². The number of sulfonamides is 1. The number of aromatic nitrogens is 2. The summed E-state index contributed by atoms with van der Waals surface area (Å²) in [6, 6.07) is 11.3. The molecule has 3 aromatic rings. The van der Waals surface area contributed by atoms with Gasteiger partial charge in [-0.25, -0.2) is 17.8 Å². The van der Waals surface area contributed by atoms with Gasteiger partial charge in [-0.15, -0.1) is 0 Å². The number of nitrogens with one attached hydrogen (secondary N) is 1. The van der Waals surface area contributed by atoms with Crippen LogP contribution < -0.4 is 5.32 Å². The van der Waals surface area contributed by atoms with E-state index in [1.165, 1.54) is 28.6 Å². The van der Waals surface area contributed by atoms with Crippen LogP contribution in [0.3, 0.4) is 0 Å². The van der Waals surface area contributed by atoms with Crippen molar-refractivity contribution in [2.24, 2.45) is 18.9 Å². The minimum atomic E-state index is -3.73. The highest BCUT2D eigenvalue weighted by molar-refractivity contribution is 7.89. The summed E-state index contributed by atoms with van der Waals surface area (Å²) < 4.78 is 43.8. The van der Waals surface area contributed by atoms with E-state index in [1.807, 2.05) is 13.8 Å². The summed E-state index contributed by atoms with van der Waals surface area (Å²) in [5.74, 6) is 0.169. The largest absolute Gasteiger partial charge is 0.338 e. The van der Waals surface area contributed by atoms with Crippen molar-refractivity contribution in [2.75, 3.05) is 13.1 Å². The van der Waals surface area contributed by atoms with Gasteiger partial charge in [-0.05, 0) is 54.2 Å². The molecule has 0 radical (unpaired) electrons. The third-order valence-electron chi connectivity index (χ3n) is 6.14. The van der Waals surface area contributed by atoms with E-state index in [0.29, 0.717) is 24.5 Å². The molecule has 4 rings (SSSR count). The van der Waals surface area contributed by atoms with E-state index in [1.54, 1.807) is 48.3 Å². The van der Waals surface area contributed by atoms with Crippen molar-refractivity contribution < 1.29 is 17.6 Å². The Morgan fingerprint density at radius 3 is 2.47 bits per heavy atom. The van der Waals surface area contributed by atoms with Gasteiger partial charge in [-0.2, -0.15) is 4.31 Å². The Bertz CT molecular complexity index is 1280. The van der Waals surface area contributed by atoms with Gasteiger partial charge in [0.25, 0.3) is 5.91 Å². The summed E-state index contributed by atoms with van der Waals surface area (Å²) >= 11 is 0. The lowest BCUT2D eigenvalue weighted by molar-refractivity contribution is 0.0941. The molecule has 2 aromatic carbocycles. The maximum absolute atomic E-state index is 13.9. The molecule has 180 valence electrons. The van der Waals surface area contributed by atoms with Crippen LogP contribution in [0.1, 0.15) is 48.1 Å². The fraction of sp³-hybridized carbons (Fsp3) is 0.360. The van der Waals surface area contributed by atoms with Crippen molar-refractivity contribution >= 4 is 15.9 Å². The Balaban J connectivity index is 1.63. The number of halogens is 1. The van der Waals surface area contributed by atoms with E-state index < -0.39 is 27.8 Å². The molecule has 1 aromatic heterocycles. The normalized spacial score (nSPS) is 20.1. The minimum Gasteiger partial charge on any atom is -0.338 e. The monoisotopic (exact) mass is 484 g/mol. The van der Waals surface area contributed by atoms with Gasteiger partial charge < -0.3 is 9.88 Å². The Morgan fingerprint density at radius 2 is 1.82 bits per heavy atom. The van der Waals surface area contributed by atoms with Gasteiger partial charge in [-0.1, -0.05) is 32.0 Å². The summed E-state index contributed by atoms with van der Waals surface area (Å²) in [6.07, 6.45) is 4.33. The maximum atomic E-state index is 13.9. The van der Waals surface area contributed by atoms with Crippen LogP contribution in [0.25, 0.3) is 0 Å². The highest BCUT2D eigenvalue weighted by Gasteiger charge is 2.32. The SMILES string of the molecule is C[C@@H]1C[C@@H](C)CN(S(=O)(=O)c2cccc(C(=O)N[C@H](c3cccc(F)c3)c3nccn3C)c2)C1. The first kappa shape index (κ1) is 24.1. The highest BCUT2D eigenvalue weighted by atomic mass is 32.2. The van der Waals surface area contributed by atoms with Gasteiger partial charge >= 0.3 is 0 Å². The zero-order valence-corrected chi connectivity index (χ0v) is 20.3. The smallest absolute Gasteiger partial charge is 0.252 e. The predicted molar refractivity (Wildman–Crippen MR) is 127 cm³/mol. The predicted octanol–water partition coefficient (Wildman–Crippen LogP) is 3.75. The molecule has 9 heteroatoms. The molecule has 0 bridgehead atoms. The molecular weight excluding hydrogens is 455 g/mol. The first-order valence-corrected chi connectivity index (χ1v) is 12.7. The van der Waals surface area contributed by atoms with Gasteiger partial charge in [0, 0.05) is 38.1 Å². The van der Waals surface area contributed by atoms with Crippen LogP contribution in [0.5, 0.6) is 0 Å². The van der Waals surface area contributed by atoms with Crippen molar-refractivity contribution in [1.29, 1.82) is 0 Å². The van der Waals surface area contributed by atoms with Crippen molar-refractivity contribution in [1.82, 2.24) is 19.2 Å². The number of imidazole rings is 1. The zero-order valence-electron chi connectivity index (χ0n) is 19.5. The van der Waals surface area contributed by atoms with Crippen molar-refractivity contribution in [3.05, 3.63) is 83.7 Å². The van der Waals surface area contributed by atoms with Gasteiger partial charge in [0.2, 0.25) is 10.0 Å². The summed E-state index contributed by atoms with van der Waals surface area (Å²) in [5.41, 5.74) is 0.734. The fourth-order valence-electron chi connectivity index (χ4n) is 4.60. The van der Waals surface area contributed by atoms with Crippen LogP contribution in [-0.4, -0.2) is 41.3 Å². The Morgan fingerprint density at radius 1 is 1.12 bits per heavy atom. The maximum Gasteiger partial charge on any atom is 0.252 e. The third-order valence-corrected chi connectivity index (χ3v) is 7.97. The molecule has 2 heterocycles.